The number of aromatic nitrogens is 2. The van der Waals surface area contributed by atoms with Crippen molar-refractivity contribution in [1.82, 2.24) is 19.8 Å². The van der Waals surface area contributed by atoms with E-state index in [1.165, 1.54) is 9.13 Å². The number of pyridine rings is 2. The van der Waals surface area contributed by atoms with Gasteiger partial charge in [0, 0.05) is 82.4 Å². The van der Waals surface area contributed by atoms with E-state index in [9.17, 15) is 19.8 Å². The first-order valence-electron chi connectivity index (χ1n) is 15.2. The highest BCUT2D eigenvalue weighted by Gasteiger charge is 2.21. The van der Waals surface area contributed by atoms with Gasteiger partial charge in [0.1, 0.15) is 11.7 Å². The van der Waals surface area contributed by atoms with Gasteiger partial charge in [-0.1, -0.05) is 24.3 Å². The van der Waals surface area contributed by atoms with E-state index in [-0.39, 0.29) is 36.0 Å². The molecule has 12 nitrogen and oxygen atoms in total. The minimum atomic E-state index is -0.257. The Bertz CT molecular complexity index is 2400. The average Bonchev–Trinajstić information content (AvgIpc) is 3.63. The summed E-state index contributed by atoms with van der Waals surface area (Å²) in [4.78, 5) is 44.8. The topological polar surface area (TPSA) is 158 Å². The van der Waals surface area contributed by atoms with Gasteiger partial charge in [0.25, 0.3) is 11.1 Å². The molecule has 0 fully saturated rings. The highest BCUT2D eigenvalue weighted by molar-refractivity contribution is 6.14. The maximum Gasteiger partial charge on any atom is 0.261 e. The van der Waals surface area contributed by atoms with E-state index in [2.05, 4.69) is 30.6 Å². The number of fused-ring (bicyclic) bond motifs is 4. The highest BCUT2D eigenvalue weighted by atomic mass is 16.3. The van der Waals surface area contributed by atoms with Gasteiger partial charge in [-0.25, -0.2) is 20.0 Å². The van der Waals surface area contributed by atoms with E-state index in [0.29, 0.717) is 81.5 Å². The molecule has 2 aromatic heterocycles. The second-order valence-electron chi connectivity index (χ2n) is 11.6. The molecular formula is C34H30N8O4. The molecule has 0 saturated heterocycles. The molecule has 0 atom stereocenters. The number of rotatable bonds is 9. The Morgan fingerprint density at radius 1 is 0.587 bits per heavy atom. The first kappa shape index (κ1) is 28.0. The third kappa shape index (κ3) is 4.21. The smallest absolute Gasteiger partial charge is 0.261 e. The summed E-state index contributed by atoms with van der Waals surface area (Å²) >= 11 is 0. The normalized spacial score (nSPS) is 13.8. The van der Waals surface area contributed by atoms with Crippen LogP contribution in [0.3, 0.4) is 0 Å². The van der Waals surface area contributed by atoms with Crippen LogP contribution in [-0.4, -0.2) is 57.2 Å². The predicted molar refractivity (Wildman–Crippen MR) is 180 cm³/mol. The summed E-state index contributed by atoms with van der Waals surface area (Å²) in [5.74, 6) is 1.11. The van der Waals surface area contributed by atoms with E-state index < -0.39 is 0 Å². The van der Waals surface area contributed by atoms with Crippen LogP contribution in [0, 0.1) is 0 Å². The molecule has 0 unspecified atom stereocenters. The van der Waals surface area contributed by atoms with Gasteiger partial charge in [-0.05, 0) is 38.1 Å². The molecule has 8 rings (SSSR count). The van der Waals surface area contributed by atoms with E-state index in [0.717, 1.165) is 21.5 Å². The van der Waals surface area contributed by atoms with Crippen LogP contribution in [0.5, 0.6) is 11.8 Å². The van der Waals surface area contributed by atoms with Gasteiger partial charge < -0.3 is 20.8 Å². The minimum absolute atomic E-state index is 0.0861. The summed E-state index contributed by atoms with van der Waals surface area (Å²) in [6, 6.07) is 14.6. The lowest BCUT2D eigenvalue weighted by atomic mass is 10.0. The molecule has 0 aliphatic carbocycles. The van der Waals surface area contributed by atoms with Gasteiger partial charge in [0.2, 0.25) is 11.8 Å². The zero-order valence-corrected chi connectivity index (χ0v) is 25.3. The summed E-state index contributed by atoms with van der Waals surface area (Å²) in [6.07, 6.45) is 0. The van der Waals surface area contributed by atoms with Crippen molar-refractivity contribution in [1.29, 1.82) is 0 Å². The Balaban J connectivity index is 0.928. The Morgan fingerprint density at radius 3 is 1.43 bits per heavy atom. The number of benzene rings is 4. The molecule has 230 valence electrons. The van der Waals surface area contributed by atoms with Crippen LogP contribution in [0.2, 0.25) is 0 Å². The largest absolute Gasteiger partial charge is 0.494 e. The van der Waals surface area contributed by atoms with Crippen molar-refractivity contribution in [3.8, 4) is 11.8 Å². The molecule has 0 amide bonds. The summed E-state index contributed by atoms with van der Waals surface area (Å²) < 4.78 is 2.78. The lowest BCUT2D eigenvalue weighted by molar-refractivity contribution is 0.406. The van der Waals surface area contributed by atoms with Crippen molar-refractivity contribution in [2.45, 2.75) is 26.9 Å². The zero-order valence-electron chi connectivity index (χ0n) is 25.3. The van der Waals surface area contributed by atoms with Gasteiger partial charge in [-0.15, -0.1) is 0 Å². The van der Waals surface area contributed by atoms with Crippen molar-refractivity contribution in [2.24, 2.45) is 20.0 Å². The molecule has 2 aliphatic heterocycles. The fourth-order valence-electron chi connectivity index (χ4n) is 6.74. The molecule has 4 aromatic carbocycles. The number of hydrogen-bond donors (Lipinski definition) is 4. The number of aliphatic imine (C=N–C) groups is 2. The van der Waals surface area contributed by atoms with Crippen molar-refractivity contribution in [2.75, 3.05) is 26.2 Å². The zero-order chi connectivity index (χ0) is 31.7. The standard InChI is InChI=1S/C34H30N8O4/c1-17-37-25-15-23-27-19(29(25)39-17)5-3-7-21(27)31(43)41(33(23)45)13-11-35-9-10-36-12-14-42-32(44)22-8-4-6-20-28(22)24(34(42)46)16-26-30(20)40-18(2)38-26/h3-8,15-16,35-36,45-46H,9-14H2,1-2H3. The average molecular weight is 615 g/mol. The Labute approximate surface area is 260 Å². The number of hydrogen-bond acceptors (Lipinski definition) is 10. The van der Waals surface area contributed by atoms with Crippen LogP contribution in [0.1, 0.15) is 13.8 Å². The lowest BCUT2D eigenvalue weighted by Crippen LogP contribution is -2.34. The predicted octanol–water partition coefficient (Wildman–Crippen LogP) is 2.72. The van der Waals surface area contributed by atoms with Gasteiger partial charge in [-0.3, -0.25) is 18.7 Å². The third-order valence-electron chi connectivity index (χ3n) is 8.78. The van der Waals surface area contributed by atoms with E-state index >= 15 is 0 Å². The molecule has 6 aromatic rings. The van der Waals surface area contributed by atoms with Crippen molar-refractivity contribution in [3.05, 3.63) is 80.0 Å². The summed E-state index contributed by atoms with van der Waals surface area (Å²) in [6.45, 7) is 6.31. The fraction of sp³-hybridized carbons (Fsp3) is 0.235. The van der Waals surface area contributed by atoms with Gasteiger partial charge in [-0.2, -0.15) is 0 Å². The van der Waals surface area contributed by atoms with Crippen LogP contribution < -0.4 is 32.5 Å². The van der Waals surface area contributed by atoms with E-state index in [1.807, 2.05) is 38.1 Å². The Morgan fingerprint density at radius 2 is 1.00 bits per heavy atom. The van der Waals surface area contributed by atoms with Crippen LogP contribution in [0.4, 0.5) is 11.4 Å². The first-order valence-corrected chi connectivity index (χ1v) is 15.2. The maximum absolute atomic E-state index is 13.4. The molecule has 2 aliphatic rings. The Kier molecular flexibility index (Phi) is 6.44. The summed E-state index contributed by atoms with van der Waals surface area (Å²) in [7, 11) is 0. The summed E-state index contributed by atoms with van der Waals surface area (Å²) in [5, 5.41) is 35.6. The van der Waals surface area contributed by atoms with Gasteiger partial charge in [0.15, 0.2) is 0 Å². The van der Waals surface area contributed by atoms with Gasteiger partial charge >= 0.3 is 0 Å². The second-order valence-corrected chi connectivity index (χ2v) is 11.6. The molecule has 0 bridgehead atoms. The van der Waals surface area contributed by atoms with Crippen LogP contribution in [0.15, 0.2) is 78.1 Å². The Hall–Kier alpha value is -5.46. The molecule has 4 heterocycles. The minimum Gasteiger partial charge on any atom is -0.494 e. The fourth-order valence-corrected chi connectivity index (χ4v) is 6.74. The molecule has 46 heavy (non-hydrogen) atoms. The quantitative estimate of drug-likeness (QED) is 0.183. The van der Waals surface area contributed by atoms with Crippen molar-refractivity contribution < 1.29 is 10.2 Å². The summed E-state index contributed by atoms with van der Waals surface area (Å²) in [5.41, 5.74) is 0.854. The molecular weight excluding hydrogens is 584 g/mol. The number of nitrogens with zero attached hydrogens (tertiary/aromatic N) is 6. The number of amidine groups is 2. The maximum atomic E-state index is 13.4. The van der Waals surface area contributed by atoms with Crippen LogP contribution in [-0.2, 0) is 13.1 Å². The lowest BCUT2D eigenvalue weighted by Gasteiger charge is -2.15. The van der Waals surface area contributed by atoms with Crippen LogP contribution >= 0.6 is 0 Å². The number of nitrogens with one attached hydrogen (secondary N) is 2. The second kappa shape index (κ2) is 10.6. The van der Waals surface area contributed by atoms with E-state index in [4.69, 9.17) is 0 Å². The molecule has 4 N–H and O–H groups in total. The third-order valence-corrected chi connectivity index (χ3v) is 8.78. The van der Waals surface area contributed by atoms with Crippen molar-refractivity contribution in [3.63, 3.8) is 0 Å². The van der Waals surface area contributed by atoms with Crippen LogP contribution in [0.25, 0.3) is 43.1 Å². The van der Waals surface area contributed by atoms with Crippen molar-refractivity contribution >= 4 is 66.1 Å². The molecule has 12 heteroatoms. The molecule has 0 saturated carbocycles. The highest BCUT2D eigenvalue weighted by Crippen LogP contribution is 2.34. The monoisotopic (exact) mass is 614 g/mol. The van der Waals surface area contributed by atoms with E-state index in [1.54, 1.807) is 24.3 Å². The molecule has 0 spiro atoms. The first-order chi connectivity index (χ1) is 22.3. The SMILES string of the molecule is CC1=Nc2cc3c(O)n(CCNCCNCCn4c(O)c5cc6c(c7cccc(c4=O)c57)=NC(C)=N6)c(=O)c4cccc(c2=N1)c34. The molecule has 0 radical (unpaired) electrons. The number of aromatic hydroxyl groups is 2. The van der Waals surface area contributed by atoms with Gasteiger partial charge in [0.05, 0.1) is 22.1 Å².